The fourth-order valence-electron chi connectivity index (χ4n) is 2.85. The zero-order valence-electron chi connectivity index (χ0n) is 16.3. The van der Waals surface area contributed by atoms with Gasteiger partial charge in [0.1, 0.15) is 0 Å². The molecule has 0 aliphatic rings. The van der Waals surface area contributed by atoms with Crippen LogP contribution in [0.1, 0.15) is 42.4 Å². The number of benzene rings is 2. The highest BCUT2D eigenvalue weighted by Gasteiger charge is 2.16. The highest BCUT2D eigenvalue weighted by molar-refractivity contribution is 6.31. The number of fused-ring (bicyclic) bond motifs is 1. The average molecular weight is 399 g/mol. The molecule has 2 aromatic carbocycles. The number of amides is 1. The summed E-state index contributed by atoms with van der Waals surface area (Å²) in [6, 6.07) is 12.4. The van der Waals surface area contributed by atoms with E-state index in [1.54, 1.807) is 12.1 Å². The van der Waals surface area contributed by atoms with E-state index in [2.05, 4.69) is 26.1 Å². The van der Waals surface area contributed by atoms with Gasteiger partial charge in [0.15, 0.2) is 11.5 Å². The number of aromatic nitrogens is 1. The lowest BCUT2D eigenvalue weighted by atomic mass is 9.91. The van der Waals surface area contributed by atoms with Crippen LogP contribution in [0.25, 0.3) is 10.9 Å². The summed E-state index contributed by atoms with van der Waals surface area (Å²) < 4.78 is 5.09. The van der Waals surface area contributed by atoms with E-state index in [0.29, 0.717) is 21.9 Å². The lowest BCUT2D eigenvalue weighted by molar-refractivity contribution is 0.0951. The van der Waals surface area contributed by atoms with E-state index in [0.717, 1.165) is 16.6 Å². The molecule has 0 aliphatic carbocycles. The Labute approximate surface area is 169 Å². The molecule has 3 aromatic rings. The standard InChI is InChI=1S/C22H23ClN2O3/c1-22(2,3)20-8-6-13-9-14(5-7-17(13)25-20)21(27)24-12-15-10-19(28-4)18(26)11-16(15)23/h5-11,26H,12H2,1-4H3,(H,24,27). The summed E-state index contributed by atoms with van der Waals surface area (Å²) in [4.78, 5) is 17.3. The Morgan fingerprint density at radius 2 is 1.93 bits per heavy atom. The summed E-state index contributed by atoms with van der Waals surface area (Å²) in [5, 5.41) is 13.8. The summed E-state index contributed by atoms with van der Waals surface area (Å²) in [5.74, 6) is 0.0456. The normalized spacial score (nSPS) is 11.5. The van der Waals surface area contributed by atoms with E-state index in [-0.39, 0.29) is 23.6 Å². The van der Waals surface area contributed by atoms with Crippen LogP contribution in [0.15, 0.2) is 42.5 Å². The molecule has 1 aromatic heterocycles. The Morgan fingerprint density at radius 1 is 1.18 bits per heavy atom. The van der Waals surface area contributed by atoms with Crippen LogP contribution in [0, 0.1) is 0 Å². The fourth-order valence-corrected chi connectivity index (χ4v) is 3.07. The first kappa shape index (κ1) is 20.0. The van der Waals surface area contributed by atoms with Gasteiger partial charge in [0.2, 0.25) is 0 Å². The first-order valence-electron chi connectivity index (χ1n) is 8.94. The maximum atomic E-state index is 12.6. The molecule has 146 valence electrons. The highest BCUT2D eigenvalue weighted by atomic mass is 35.5. The van der Waals surface area contributed by atoms with Crippen molar-refractivity contribution in [1.29, 1.82) is 0 Å². The second-order valence-corrected chi connectivity index (χ2v) is 8.06. The molecule has 0 unspecified atom stereocenters. The minimum absolute atomic E-state index is 0.0331. The molecule has 0 aliphatic heterocycles. The third-order valence-corrected chi connectivity index (χ3v) is 4.86. The van der Waals surface area contributed by atoms with Crippen molar-refractivity contribution in [3.05, 3.63) is 64.3 Å². The molecular formula is C22H23ClN2O3. The van der Waals surface area contributed by atoms with Crippen molar-refractivity contribution < 1.29 is 14.6 Å². The van der Waals surface area contributed by atoms with E-state index >= 15 is 0 Å². The predicted octanol–water partition coefficient (Wildman–Crippen LogP) is 4.83. The highest BCUT2D eigenvalue weighted by Crippen LogP contribution is 2.32. The van der Waals surface area contributed by atoms with Crippen LogP contribution in [0.3, 0.4) is 0 Å². The van der Waals surface area contributed by atoms with Crippen molar-refractivity contribution in [2.45, 2.75) is 32.7 Å². The smallest absolute Gasteiger partial charge is 0.251 e. The lowest BCUT2D eigenvalue weighted by Gasteiger charge is -2.18. The topological polar surface area (TPSA) is 71.5 Å². The Bertz CT molecular complexity index is 1040. The third-order valence-electron chi connectivity index (χ3n) is 4.51. The number of phenols is 1. The minimum atomic E-state index is -0.218. The van der Waals surface area contributed by atoms with Gasteiger partial charge in [0.25, 0.3) is 5.91 Å². The number of halogens is 1. The first-order chi connectivity index (χ1) is 13.2. The van der Waals surface area contributed by atoms with Crippen LogP contribution in [-0.2, 0) is 12.0 Å². The van der Waals surface area contributed by atoms with E-state index < -0.39 is 0 Å². The quantitative estimate of drug-likeness (QED) is 0.660. The van der Waals surface area contributed by atoms with Crippen LogP contribution in [-0.4, -0.2) is 23.1 Å². The second kappa shape index (κ2) is 7.68. The number of rotatable bonds is 4. The summed E-state index contributed by atoms with van der Waals surface area (Å²) >= 11 is 6.14. The maximum absolute atomic E-state index is 12.6. The molecule has 0 fully saturated rings. The van der Waals surface area contributed by atoms with Gasteiger partial charge in [-0.25, -0.2) is 0 Å². The number of phenolic OH excluding ortho intramolecular Hbond substituents is 1. The molecule has 6 heteroatoms. The van der Waals surface area contributed by atoms with E-state index in [1.807, 2.05) is 24.3 Å². The fraction of sp³-hybridized carbons (Fsp3) is 0.273. The van der Waals surface area contributed by atoms with Crippen molar-refractivity contribution in [2.75, 3.05) is 7.11 Å². The van der Waals surface area contributed by atoms with E-state index in [4.69, 9.17) is 21.3 Å². The molecule has 0 atom stereocenters. The minimum Gasteiger partial charge on any atom is -0.504 e. The summed E-state index contributed by atoms with van der Waals surface area (Å²) in [7, 11) is 1.46. The van der Waals surface area contributed by atoms with Crippen molar-refractivity contribution >= 4 is 28.4 Å². The number of hydrogen-bond donors (Lipinski definition) is 2. The Hall–Kier alpha value is -2.79. The average Bonchev–Trinajstić information content (AvgIpc) is 2.65. The van der Waals surface area contributed by atoms with Gasteiger partial charge in [0, 0.05) is 39.7 Å². The molecule has 0 bridgehead atoms. The van der Waals surface area contributed by atoms with Crippen molar-refractivity contribution in [3.8, 4) is 11.5 Å². The number of pyridine rings is 1. The summed E-state index contributed by atoms with van der Waals surface area (Å²) in [6.45, 7) is 6.57. The predicted molar refractivity (Wildman–Crippen MR) is 111 cm³/mol. The molecule has 3 rings (SSSR count). The van der Waals surface area contributed by atoms with E-state index in [1.165, 1.54) is 13.2 Å². The Kier molecular flexibility index (Phi) is 5.47. The number of aromatic hydroxyl groups is 1. The molecule has 5 nitrogen and oxygen atoms in total. The molecule has 2 N–H and O–H groups in total. The zero-order chi connectivity index (χ0) is 20.5. The van der Waals surface area contributed by atoms with Crippen molar-refractivity contribution in [2.24, 2.45) is 0 Å². The van der Waals surface area contributed by atoms with Crippen LogP contribution < -0.4 is 10.1 Å². The molecular weight excluding hydrogens is 376 g/mol. The monoisotopic (exact) mass is 398 g/mol. The molecule has 0 saturated heterocycles. The molecule has 0 saturated carbocycles. The third kappa shape index (κ3) is 4.20. The van der Waals surface area contributed by atoms with Crippen molar-refractivity contribution in [1.82, 2.24) is 10.3 Å². The lowest BCUT2D eigenvalue weighted by Crippen LogP contribution is -2.23. The Balaban J connectivity index is 1.78. The molecule has 1 amide bonds. The zero-order valence-corrected chi connectivity index (χ0v) is 17.1. The maximum Gasteiger partial charge on any atom is 0.251 e. The summed E-state index contributed by atoms with van der Waals surface area (Å²) in [5.41, 5.74) is 3.03. The SMILES string of the molecule is COc1cc(CNC(=O)c2ccc3nc(C(C)(C)C)ccc3c2)c(Cl)cc1O. The number of ether oxygens (including phenoxy) is 1. The molecule has 28 heavy (non-hydrogen) atoms. The van der Waals surface area contributed by atoms with Crippen molar-refractivity contribution in [3.63, 3.8) is 0 Å². The van der Waals surface area contributed by atoms with Crippen LogP contribution >= 0.6 is 11.6 Å². The van der Waals surface area contributed by atoms with E-state index in [9.17, 15) is 9.90 Å². The number of hydrogen-bond acceptors (Lipinski definition) is 4. The van der Waals surface area contributed by atoms with Crippen LogP contribution in [0.5, 0.6) is 11.5 Å². The van der Waals surface area contributed by atoms with Crippen LogP contribution in [0.2, 0.25) is 5.02 Å². The van der Waals surface area contributed by atoms with Gasteiger partial charge in [-0.15, -0.1) is 0 Å². The molecule has 1 heterocycles. The number of nitrogens with one attached hydrogen (secondary N) is 1. The van der Waals surface area contributed by atoms with Gasteiger partial charge < -0.3 is 15.2 Å². The van der Waals surface area contributed by atoms with Gasteiger partial charge in [0.05, 0.1) is 12.6 Å². The number of carbonyl (C=O) groups is 1. The Morgan fingerprint density at radius 3 is 2.61 bits per heavy atom. The van der Waals surface area contributed by atoms with Gasteiger partial charge in [-0.1, -0.05) is 38.4 Å². The molecule has 0 radical (unpaired) electrons. The second-order valence-electron chi connectivity index (χ2n) is 7.65. The van der Waals surface area contributed by atoms with Gasteiger partial charge in [-0.2, -0.15) is 0 Å². The molecule has 0 spiro atoms. The van der Waals surface area contributed by atoms with Gasteiger partial charge in [-0.3, -0.25) is 9.78 Å². The summed E-state index contributed by atoms with van der Waals surface area (Å²) in [6.07, 6.45) is 0. The number of methoxy groups -OCH3 is 1. The van der Waals surface area contributed by atoms with Crippen LogP contribution in [0.4, 0.5) is 0 Å². The van der Waals surface area contributed by atoms with Gasteiger partial charge in [-0.05, 0) is 35.9 Å². The number of nitrogens with zero attached hydrogens (tertiary/aromatic N) is 1. The first-order valence-corrected chi connectivity index (χ1v) is 9.31. The number of carbonyl (C=O) groups excluding carboxylic acids is 1. The van der Waals surface area contributed by atoms with Gasteiger partial charge >= 0.3 is 0 Å². The largest absolute Gasteiger partial charge is 0.504 e.